The summed E-state index contributed by atoms with van der Waals surface area (Å²) in [6, 6.07) is 5.27. The van der Waals surface area contributed by atoms with Crippen LogP contribution in [0.15, 0.2) is 18.2 Å². The van der Waals surface area contributed by atoms with Crippen LogP contribution < -0.4 is 5.32 Å². The summed E-state index contributed by atoms with van der Waals surface area (Å²) in [5.74, 6) is -2.64. The number of fused-ring (bicyclic) bond motifs is 1. The predicted octanol–water partition coefficient (Wildman–Crippen LogP) is 3.33. The molecule has 1 aromatic rings. The molecule has 1 aliphatic heterocycles. The minimum Gasteiger partial charge on any atom is -0.379 e. The number of hydrogen-bond donors (Lipinski definition) is 1. The van der Waals surface area contributed by atoms with Crippen LogP contribution in [0.25, 0.3) is 0 Å². The largest absolute Gasteiger partial charge is 0.379 e. The summed E-state index contributed by atoms with van der Waals surface area (Å²) in [5.41, 5.74) is 1.53. The maximum Gasteiger partial charge on any atom is 0.265 e. The van der Waals surface area contributed by atoms with Gasteiger partial charge in [-0.3, -0.25) is 0 Å². The van der Waals surface area contributed by atoms with Crippen molar-refractivity contribution in [3.63, 3.8) is 0 Å². The van der Waals surface area contributed by atoms with Crippen LogP contribution in [0.4, 0.5) is 14.5 Å². The highest BCUT2D eigenvalue weighted by molar-refractivity contribution is 6.31. The first kappa shape index (κ1) is 9.71. The lowest BCUT2D eigenvalue weighted by atomic mass is 10.1. The zero-order valence-electron chi connectivity index (χ0n) is 7.49. The Labute approximate surface area is 86.1 Å². The van der Waals surface area contributed by atoms with Gasteiger partial charge >= 0.3 is 0 Å². The van der Waals surface area contributed by atoms with Crippen molar-refractivity contribution in [2.45, 2.75) is 18.8 Å². The van der Waals surface area contributed by atoms with Gasteiger partial charge in [-0.25, -0.2) is 8.78 Å². The number of benzene rings is 1. The van der Waals surface area contributed by atoms with Crippen molar-refractivity contribution >= 4 is 17.3 Å². The third-order valence-electron chi connectivity index (χ3n) is 2.40. The lowest BCUT2D eigenvalue weighted by molar-refractivity contribution is 0.00843. The van der Waals surface area contributed by atoms with Crippen molar-refractivity contribution < 1.29 is 8.78 Å². The van der Waals surface area contributed by atoms with Gasteiger partial charge in [0.05, 0.1) is 6.54 Å². The summed E-state index contributed by atoms with van der Waals surface area (Å²) >= 11 is 5.92. The van der Waals surface area contributed by atoms with Gasteiger partial charge < -0.3 is 5.32 Å². The molecule has 0 fully saturated rings. The summed E-state index contributed by atoms with van der Waals surface area (Å²) in [4.78, 5) is 0. The smallest absolute Gasteiger partial charge is 0.265 e. The average molecular weight is 218 g/mol. The lowest BCUT2D eigenvalue weighted by Crippen LogP contribution is -2.25. The van der Waals surface area contributed by atoms with Gasteiger partial charge in [-0.15, -0.1) is 0 Å². The van der Waals surface area contributed by atoms with Crippen molar-refractivity contribution in [1.29, 1.82) is 0 Å². The van der Waals surface area contributed by atoms with Crippen LogP contribution >= 0.6 is 11.6 Å². The fraction of sp³-hybridized carbons (Fsp3) is 0.400. The Balaban J connectivity index is 2.34. The fourth-order valence-electron chi connectivity index (χ4n) is 1.60. The Morgan fingerprint density at radius 3 is 2.93 bits per heavy atom. The molecule has 0 atom stereocenters. The third kappa shape index (κ3) is 1.82. The highest BCUT2D eigenvalue weighted by Crippen LogP contribution is 2.32. The molecule has 0 aliphatic carbocycles. The van der Waals surface area contributed by atoms with Crippen molar-refractivity contribution in [1.82, 2.24) is 0 Å². The van der Waals surface area contributed by atoms with Crippen LogP contribution in [0.2, 0.25) is 5.02 Å². The number of anilines is 1. The molecule has 0 amide bonds. The summed E-state index contributed by atoms with van der Waals surface area (Å²) in [5, 5.41) is 3.28. The van der Waals surface area contributed by atoms with Crippen LogP contribution in [0.5, 0.6) is 0 Å². The zero-order chi connectivity index (χ0) is 10.2. The first-order valence-corrected chi connectivity index (χ1v) is 4.85. The molecule has 0 saturated heterocycles. The van der Waals surface area contributed by atoms with E-state index in [1.165, 1.54) is 0 Å². The van der Waals surface area contributed by atoms with Crippen molar-refractivity contribution in [2.75, 3.05) is 11.9 Å². The third-order valence-corrected chi connectivity index (χ3v) is 2.75. The van der Waals surface area contributed by atoms with Gasteiger partial charge in [-0.05, 0) is 24.1 Å². The number of alkyl halides is 2. The standard InChI is InChI=1S/C10H10ClF2N/c11-8-2-1-3-9-7(8)4-5-10(12,13)6-14-9/h1-3,14H,4-6H2. The Kier molecular flexibility index (Phi) is 2.35. The molecule has 0 spiro atoms. The predicted molar refractivity (Wildman–Crippen MR) is 53.2 cm³/mol. The van der Waals surface area contributed by atoms with E-state index in [9.17, 15) is 8.78 Å². The molecule has 0 aromatic heterocycles. The first-order chi connectivity index (χ1) is 6.58. The van der Waals surface area contributed by atoms with E-state index in [-0.39, 0.29) is 13.0 Å². The Morgan fingerprint density at radius 2 is 2.14 bits per heavy atom. The van der Waals surface area contributed by atoms with Crippen molar-refractivity contribution in [2.24, 2.45) is 0 Å². The van der Waals surface area contributed by atoms with Gasteiger partial charge in [-0.1, -0.05) is 17.7 Å². The number of hydrogen-bond acceptors (Lipinski definition) is 1. The van der Waals surface area contributed by atoms with Crippen LogP contribution in [0.1, 0.15) is 12.0 Å². The Hall–Kier alpha value is -0.830. The second kappa shape index (κ2) is 3.39. The molecule has 14 heavy (non-hydrogen) atoms. The second-order valence-corrected chi connectivity index (χ2v) is 3.88. The normalized spacial score (nSPS) is 19.4. The molecule has 1 nitrogen and oxygen atoms in total. The van der Waals surface area contributed by atoms with E-state index in [0.717, 1.165) is 11.3 Å². The molecule has 1 aromatic carbocycles. The quantitative estimate of drug-likeness (QED) is 0.703. The van der Waals surface area contributed by atoms with E-state index in [0.29, 0.717) is 11.4 Å². The molecular weight excluding hydrogens is 208 g/mol. The number of halogens is 3. The Bertz CT molecular complexity index is 352. The van der Waals surface area contributed by atoms with Gasteiger partial charge in [0.1, 0.15) is 0 Å². The monoisotopic (exact) mass is 217 g/mol. The molecule has 0 radical (unpaired) electrons. The SMILES string of the molecule is FC1(F)CCc2c(Cl)cccc2NC1. The molecule has 2 rings (SSSR count). The highest BCUT2D eigenvalue weighted by Gasteiger charge is 2.31. The molecular formula is C10H10ClF2N. The highest BCUT2D eigenvalue weighted by atomic mass is 35.5. The number of nitrogens with one attached hydrogen (secondary N) is 1. The fourth-order valence-corrected chi connectivity index (χ4v) is 1.87. The summed E-state index contributed by atoms with van der Waals surface area (Å²) in [7, 11) is 0. The van der Waals surface area contributed by atoms with Crippen LogP contribution in [-0.4, -0.2) is 12.5 Å². The maximum atomic E-state index is 13.1. The molecule has 76 valence electrons. The molecule has 1 aliphatic rings. The van der Waals surface area contributed by atoms with E-state index in [1.807, 2.05) is 0 Å². The van der Waals surface area contributed by atoms with E-state index >= 15 is 0 Å². The molecule has 1 heterocycles. The molecule has 0 bridgehead atoms. The first-order valence-electron chi connectivity index (χ1n) is 4.48. The number of rotatable bonds is 0. The van der Waals surface area contributed by atoms with Gasteiger partial charge in [-0.2, -0.15) is 0 Å². The average Bonchev–Trinajstić information content (AvgIpc) is 2.27. The van der Waals surface area contributed by atoms with Gasteiger partial charge in [0.2, 0.25) is 0 Å². The van der Waals surface area contributed by atoms with Crippen LogP contribution in [-0.2, 0) is 6.42 Å². The van der Waals surface area contributed by atoms with E-state index < -0.39 is 5.92 Å². The van der Waals surface area contributed by atoms with Crippen molar-refractivity contribution in [3.05, 3.63) is 28.8 Å². The molecule has 4 heteroatoms. The van der Waals surface area contributed by atoms with Crippen LogP contribution in [0, 0.1) is 0 Å². The lowest BCUT2D eigenvalue weighted by Gasteiger charge is -2.12. The second-order valence-electron chi connectivity index (χ2n) is 3.48. The maximum absolute atomic E-state index is 13.1. The van der Waals surface area contributed by atoms with Crippen LogP contribution in [0.3, 0.4) is 0 Å². The van der Waals surface area contributed by atoms with Gasteiger partial charge in [0.15, 0.2) is 0 Å². The molecule has 0 unspecified atom stereocenters. The minimum atomic E-state index is -2.64. The molecule has 1 N–H and O–H groups in total. The summed E-state index contributed by atoms with van der Waals surface area (Å²) < 4.78 is 26.1. The van der Waals surface area contributed by atoms with E-state index in [1.54, 1.807) is 18.2 Å². The van der Waals surface area contributed by atoms with Gasteiger partial charge in [0.25, 0.3) is 5.92 Å². The molecule has 0 saturated carbocycles. The van der Waals surface area contributed by atoms with E-state index in [4.69, 9.17) is 11.6 Å². The van der Waals surface area contributed by atoms with Gasteiger partial charge in [0, 0.05) is 17.1 Å². The topological polar surface area (TPSA) is 12.0 Å². The van der Waals surface area contributed by atoms with Crippen molar-refractivity contribution in [3.8, 4) is 0 Å². The zero-order valence-corrected chi connectivity index (χ0v) is 8.24. The van der Waals surface area contributed by atoms with E-state index in [2.05, 4.69) is 5.32 Å². The Morgan fingerprint density at radius 1 is 1.36 bits per heavy atom. The summed E-state index contributed by atoms with van der Waals surface area (Å²) in [6.45, 7) is -0.305. The minimum absolute atomic E-state index is 0.142. The summed E-state index contributed by atoms with van der Waals surface area (Å²) in [6.07, 6.45) is 0.186.